The molecule has 0 spiro atoms. The van der Waals surface area contributed by atoms with Crippen molar-refractivity contribution in [1.29, 1.82) is 0 Å². The Morgan fingerprint density at radius 1 is 1.13 bits per heavy atom. The number of carboxylic acids is 1. The van der Waals surface area contributed by atoms with Crippen LogP contribution in [0.4, 0.5) is 13.2 Å². The summed E-state index contributed by atoms with van der Waals surface area (Å²) in [4.78, 5) is 23.9. The quantitative estimate of drug-likeness (QED) is 0.467. The highest BCUT2D eigenvalue weighted by Crippen LogP contribution is 2.22. The van der Waals surface area contributed by atoms with Gasteiger partial charge >= 0.3 is 5.97 Å². The Bertz CT molecular complexity index is 899. The van der Waals surface area contributed by atoms with Gasteiger partial charge in [-0.25, -0.2) is 18.0 Å². The molecular weight excluding hydrogens is 415 g/mol. The lowest BCUT2D eigenvalue weighted by Crippen LogP contribution is -2.23. The van der Waals surface area contributed by atoms with Crippen molar-refractivity contribution < 1.29 is 37.3 Å². The second-order valence-electron chi connectivity index (χ2n) is 6.35. The molecule has 31 heavy (non-hydrogen) atoms. The lowest BCUT2D eigenvalue weighted by molar-refractivity contribution is -0.137. The molecule has 9 heteroatoms. The fourth-order valence-electron chi connectivity index (χ4n) is 2.42. The fraction of sp³-hybridized carbons (Fsp3) is 0.273. The second-order valence-corrected chi connectivity index (χ2v) is 6.35. The minimum atomic E-state index is -1.75. The molecule has 2 rings (SSSR count). The topological polar surface area (TPSA) is 84.9 Å². The molecule has 0 saturated heterocycles. The van der Waals surface area contributed by atoms with Gasteiger partial charge in [0.05, 0.1) is 18.8 Å². The number of hydrogen-bond acceptors (Lipinski definition) is 4. The van der Waals surface area contributed by atoms with Crippen LogP contribution in [-0.4, -0.2) is 37.1 Å². The molecule has 0 fully saturated rings. The number of ether oxygens (including phenoxy) is 2. The minimum Gasteiger partial charge on any atom is -0.496 e. The molecule has 2 aromatic carbocycles. The number of nitrogens with one attached hydrogen (secondary N) is 1. The molecule has 2 aromatic rings. The Labute approximate surface area is 178 Å². The first-order valence-electron chi connectivity index (χ1n) is 9.16. The molecule has 0 unspecified atom stereocenters. The van der Waals surface area contributed by atoms with E-state index >= 15 is 0 Å². The number of carbonyl (C=O) groups is 2. The first kappa shape index (κ1) is 25.5. The molecule has 1 amide bonds. The summed E-state index contributed by atoms with van der Waals surface area (Å²) in [5.74, 6) is -1.84. The summed E-state index contributed by atoms with van der Waals surface area (Å²) in [7, 11) is 1.44. The Kier molecular flexibility index (Phi) is 10.7. The number of halogens is 3. The number of carboxylic acid groups (broad SMARTS) is 1. The molecule has 0 bridgehead atoms. The van der Waals surface area contributed by atoms with Crippen molar-refractivity contribution in [3.63, 3.8) is 0 Å². The number of benzene rings is 2. The first-order valence-corrected chi connectivity index (χ1v) is 9.16. The standard InChI is InChI=1S/C21H22FNO5.CH2F2/c1-13(2)28-19(21(25)26)11-15-6-9-18(27-3)17(10-15)20(24)23-12-14-4-7-16(22)8-5-14;2-1-3/h4-11,13H,12H2,1-3H3,(H,23,24)(H,25,26);1H2/b19-11-;. The maximum absolute atomic E-state index is 13.0. The number of hydrogen-bond donors (Lipinski definition) is 2. The van der Waals surface area contributed by atoms with Gasteiger partial charge in [0.25, 0.3) is 5.91 Å². The Morgan fingerprint density at radius 2 is 1.74 bits per heavy atom. The molecule has 0 radical (unpaired) electrons. The van der Waals surface area contributed by atoms with Crippen molar-refractivity contribution >= 4 is 18.0 Å². The van der Waals surface area contributed by atoms with Gasteiger partial charge in [-0.15, -0.1) is 0 Å². The van der Waals surface area contributed by atoms with Crippen molar-refractivity contribution in [1.82, 2.24) is 5.32 Å². The average molecular weight is 439 g/mol. The molecule has 0 aliphatic heterocycles. The number of alkyl halides is 2. The van der Waals surface area contributed by atoms with Crippen LogP contribution < -0.4 is 10.1 Å². The maximum Gasteiger partial charge on any atom is 0.371 e. The van der Waals surface area contributed by atoms with E-state index in [-0.39, 0.29) is 29.8 Å². The summed E-state index contributed by atoms with van der Waals surface area (Å²) < 4.78 is 42.7. The molecular formula is C22H24F3NO5. The van der Waals surface area contributed by atoms with Crippen LogP contribution >= 0.6 is 0 Å². The molecule has 0 aliphatic carbocycles. The van der Waals surface area contributed by atoms with Crippen LogP contribution in [-0.2, 0) is 16.1 Å². The van der Waals surface area contributed by atoms with E-state index in [0.717, 1.165) is 5.56 Å². The van der Waals surface area contributed by atoms with Crippen molar-refractivity contribution in [3.05, 3.63) is 70.7 Å². The van der Waals surface area contributed by atoms with E-state index in [0.29, 0.717) is 11.3 Å². The SMILES string of the molecule is COc1ccc(/C=C(\OC(C)C)C(=O)O)cc1C(=O)NCc1ccc(F)cc1.FCF. The number of amides is 1. The minimum absolute atomic E-state index is 0.208. The molecule has 0 heterocycles. The second kappa shape index (κ2) is 12.9. The highest BCUT2D eigenvalue weighted by Gasteiger charge is 2.15. The number of aliphatic carboxylic acids is 1. The first-order chi connectivity index (χ1) is 14.7. The summed E-state index contributed by atoms with van der Waals surface area (Å²) in [5, 5.41) is 12.0. The van der Waals surface area contributed by atoms with E-state index in [4.69, 9.17) is 9.47 Å². The molecule has 2 N–H and O–H groups in total. The van der Waals surface area contributed by atoms with E-state index in [1.807, 2.05) is 0 Å². The lowest BCUT2D eigenvalue weighted by atomic mass is 10.1. The number of rotatable bonds is 8. The van der Waals surface area contributed by atoms with E-state index < -0.39 is 18.8 Å². The highest BCUT2D eigenvalue weighted by molar-refractivity contribution is 5.98. The van der Waals surface area contributed by atoms with Gasteiger partial charge in [-0.1, -0.05) is 18.2 Å². The number of methoxy groups -OCH3 is 1. The van der Waals surface area contributed by atoms with Crippen LogP contribution in [0.1, 0.15) is 35.3 Å². The summed E-state index contributed by atoms with van der Waals surface area (Å²) >= 11 is 0. The van der Waals surface area contributed by atoms with Gasteiger partial charge < -0.3 is 19.9 Å². The molecule has 0 atom stereocenters. The summed E-state index contributed by atoms with van der Waals surface area (Å²) in [6.07, 6.45) is 1.04. The zero-order valence-corrected chi connectivity index (χ0v) is 17.3. The Morgan fingerprint density at radius 3 is 2.26 bits per heavy atom. The van der Waals surface area contributed by atoms with Crippen LogP contribution in [0.3, 0.4) is 0 Å². The van der Waals surface area contributed by atoms with Crippen LogP contribution in [0.25, 0.3) is 6.08 Å². The van der Waals surface area contributed by atoms with Gasteiger partial charge in [-0.2, -0.15) is 0 Å². The van der Waals surface area contributed by atoms with Crippen LogP contribution in [0.5, 0.6) is 5.75 Å². The van der Waals surface area contributed by atoms with Gasteiger partial charge in [0, 0.05) is 6.54 Å². The van der Waals surface area contributed by atoms with Crippen LogP contribution in [0.2, 0.25) is 0 Å². The zero-order chi connectivity index (χ0) is 23.4. The molecule has 0 saturated carbocycles. The fourth-order valence-corrected chi connectivity index (χ4v) is 2.42. The third-order valence-corrected chi connectivity index (χ3v) is 3.71. The maximum atomic E-state index is 13.0. The van der Waals surface area contributed by atoms with Crippen LogP contribution in [0, 0.1) is 5.82 Å². The summed E-state index contributed by atoms with van der Waals surface area (Å²) in [5.41, 5.74) is 1.46. The smallest absolute Gasteiger partial charge is 0.371 e. The summed E-state index contributed by atoms with van der Waals surface area (Å²) in [6.45, 7) is 1.90. The molecule has 168 valence electrons. The van der Waals surface area contributed by atoms with Crippen molar-refractivity contribution in [2.24, 2.45) is 0 Å². The van der Waals surface area contributed by atoms with Gasteiger partial charge in [-0.05, 0) is 55.3 Å². The summed E-state index contributed by atoms with van der Waals surface area (Å²) in [6, 6.07) is 10.5. The van der Waals surface area contributed by atoms with Crippen molar-refractivity contribution in [3.8, 4) is 5.75 Å². The van der Waals surface area contributed by atoms with E-state index in [9.17, 15) is 27.9 Å². The van der Waals surface area contributed by atoms with Crippen molar-refractivity contribution in [2.75, 3.05) is 14.0 Å². The predicted molar refractivity (Wildman–Crippen MR) is 109 cm³/mol. The largest absolute Gasteiger partial charge is 0.496 e. The Balaban J connectivity index is 0.00000151. The zero-order valence-electron chi connectivity index (χ0n) is 17.3. The Hall–Kier alpha value is -3.49. The molecule has 6 nitrogen and oxygen atoms in total. The van der Waals surface area contributed by atoms with Crippen molar-refractivity contribution in [2.45, 2.75) is 26.5 Å². The van der Waals surface area contributed by atoms with Gasteiger partial charge in [0.1, 0.15) is 11.6 Å². The predicted octanol–water partition coefficient (Wildman–Crippen LogP) is 4.50. The van der Waals surface area contributed by atoms with Gasteiger partial charge in [0.15, 0.2) is 0 Å². The highest BCUT2D eigenvalue weighted by atomic mass is 19.3. The monoisotopic (exact) mass is 439 g/mol. The van der Waals surface area contributed by atoms with E-state index in [1.165, 1.54) is 31.4 Å². The van der Waals surface area contributed by atoms with E-state index in [1.54, 1.807) is 38.1 Å². The van der Waals surface area contributed by atoms with E-state index in [2.05, 4.69) is 5.32 Å². The van der Waals surface area contributed by atoms with Gasteiger partial charge in [-0.3, -0.25) is 4.79 Å². The third-order valence-electron chi connectivity index (χ3n) is 3.71. The third kappa shape index (κ3) is 8.81. The molecule has 0 aliphatic rings. The van der Waals surface area contributed by atoms with Crippen LogP contribution in [0.15, 0.2) is 48.2 Å². The lowest BCUT2D eigenvalue weighted by Gasteiger charge is -2.12. The average Bonchev–Trinajstić information content (AvgIpc) is 2.72. The normalized spacial score (nSPS) is 10.7. The molecule has 0 aromatic heterocycles. The van der Waals surface area contributed by atoms with Gasteiger partial charge in [0.2, 0.25) is 12.7 Å². The number of carbonyl (C=O) groups excluding carboxylic acids is 1.